The first-order valence-electron chi connectivity index (χ1n) is 5.89. The lowest BCUT2D eigenvalue weighted by Crippen LogP contribution is -2.29. The Morgan fingerprint density at radius 2 is 2.25 bits per heavy atom. The summed E-state index contributed by atoms with van der Waals surface area (Å²) in [6.07, 6.45) is 2.56. The minimum Gasteiger partial charge on any atom is -0.619 e. The van der Waals surface area contributed by atoms with Gasteiger partial charge in [0, 0.05) is 17.1 Å². The highest BCUT2D eigenvalue weighted by Crippen LogP contribution is 2.22. The number of pyridine rings is 1. The van der Waals surface area contributed by atoms with Gasteiger partial charge in [0.25, 0.3) is 5.91 Å². The van der Waals surface area contributed by atoms with E-state index in [4.69, 9.17) is 4.74 Å². The maximum absolute atomic E-state index is 11.9. The zero-order chi connectivity index (χ0) is 14.5. The second-order valence-electron chi connectivity index (χ2n) is 4.09. The van der Waals surface area contributed by atoms with Crippen LogP contribution in [0.25, 0.3) is 0 Å². The monoisotopic (exact) mass is 336 g/mol. The Labute approximate surface area is 124 Å². The number of hydrogen-bond acceptors (Lipinski definition) is 3. The zero-order valence-corrected chi connectivity index (χ0v) is 12.4. The van der Waals surface area contributed by atoms with Crippen LogP contribution in [0.15, 0.2) is 47.2 Å². The third kappa shape index (κ3) is 3.48. The topological polar surface area (TPSA) is 65.3 Å². The summed E-state index contributed by atoms with van der Waals surface area (Å²) in [5.41, 5.74) is 1.21. The molecule has 0 aliphatic heterocycles. The van der Waals surface area contributed by atoms with Crippen molar-refractivity contribution in [3.63, 3.8) is 0 Å². The van der Waals surface area contributed by atoms with Crippen LogP contribution in [0.3, 0.4) is 0 Å². The van der Waals surface area contributed by atoms with Crippen LogP contribution >= 0.6 is 15.9 Å². The molecule has 1 aromatic heterocycles. The zero-order valence-electron chi connectivity index (χ0n) is 10.8. The molecule has 0 aliphatic carbocycles. The summed E-state index contributed by atoms with van der Waals surface area (Å²) in [5.74, 6) is 0.416. The fourth-order valence-corrected chi connectivity index (χ4v) is 2.07. The van der Waals surface area contributed by atoms with Crippen molar-refractivity contribution >= 4 is 21.8 Å². The van der Waals surface area contributed by atoms with Gasteiger partial charge in [0.1, 0.15) is 11.3 Å². The molecule has 6 heteroatoms. The van der Waals surface area contributed by atoms with Crippen molar-refractivity contribution in [3.8, 4) is 5.75 Å². The smallest absolute Gasteiger partial charge is 0.257 e. The molecule has 0 fully saturated rings. The SMILES string of the molecule is COc1ccc(Br)c(CNC(=O)c2ccc[n+]([O-])c2)c1. The number of halogens is 1. The Morgan fingerprint density at radius 1 is 1.45 bits per heavy atom. The van der Waals surface area contributed by atoms with Gasteiger partial charge in [-0.1, -0.05) is 15.9 Å². The summed E-state index contributed by atoms with van der Waals surface area (Å²) in [7, 11) is 1.59. The minimum atomic E-state index is -0.301. The number of nitrogens with zero attached hydrogens (tertiary/aromatic N) is 1. The van der Waals surface area contributed by atoms with Gasteiger partial charge in [-0.15, -0.1) is 0 Å². The number of rotatable bonds is 4. The highest BCUT2D eigenvalue weighted by atomic mass is 79.9. The molecule has 0 aliphatic rings. The highest BCUT2D eigenvalue weighted by Gasteiger charge is 2.09. The van der Waals surface area contributed by atoms with E-state index in [0.29, 0.717) is 16.8 Å². The Balaban J connectivity index is 2.07. The molecular weight excluding hydrogens is 324 g/mol. The van der Waals surface area contributed by atoms with Gasteiger partial charge in [-0.05, 0) is 29.8 Å². The Kier molecular flexibility index (Phi) is 4.57. The van der Waals surface area contributed by atoms with Gasteiger partial charge < -0.3 is 15.3 Å². The van der Waals surface area contributed by atoms with Crippen molar-refractivity contribution in [1.82, 2.24) is 5.32 Å². The van der Waals surface area contributed by atoms with E-state index in [-0.39, 0.29) is 5.91 Å². The second kappa shape index (κ2) is 6.38. The van der Waals surface area contributed by atoms with E-state index in [0.717, 1.165) is 15.8 Å². The largest absolute Gasteiger partial charge is 0.619 e. The van der Waals surface area contributed by atoms with Crippen LogP contribution in [-0.4, -0.2) is 13.0 Å². The third-order valence-electron chi connectivity index (χ3n) is 2.73. The number of hydrogen-bond donors (Lipinski definition) is 1. The lowest BCUT2D eigenvalue weighted by molar-refractivity contribution is -0.605. The first-order chi connectivity index (χ1) is 9.60. The molecule has 0 spiro atoms. The summed E-state index contributed by atoms with van der Waals surface area (Å²) < 4.78 is 6.61. The van der Waals surface area contributed by atoms with Crippen molar-refractivity contribution in [2.75, 3.05) is 7.11 Å². The maximum Gasteiger partial charge on any atom is 0.257 e. The quantitative estimate of drug-likeness (QED) is 0.686. The Morgan fingerprint density at radius 3 is 2.95 bits per heavy atom. The average Bonchev–Trinajstić information content (AvgIpc) is 2.46. The summed E-state index contributed by atoms with van der Waals surface area (Å²) in [6, 6.07) is 8.64. The summed E-state index contributed by atoms with van der Waals surface area (Å²) in [4.78, 5) is 11.9. The second-order valence-corrected chi connectivity index (χ2v) is 4.95. The van der Waals surface area contributed by atoms with Crippen LogP contribution in [0.1, 0.15) is 15.9 Å². The van der Waals surface area contributed by atoms with Gasteiger partial charge in [-0.2, -0.15) is 4.73 Å². The molecule has 20 heavy (non-hydrogen) atoms. The van der Waals surface area contributed by atoms with Crippen LogP contribution in [0.4, 0.5) is 0 Å². The van der Waals surface area contributed by atoms with Crippen LogP contribution in [0, 0.1) is 5.21 Å². The van der Waals surface area contributed by atoms with E-state index in [1.807, 2.05) is 18.2 Å². The number of carbonyl (C=O) groups excluding carboxylic acids is 1. The summed E-state index contributed by atoms with van der Waals surface area (Å²) in [5, 5.41) is 13.9. The fourth-order valence-electron chi connectivity index (χ4n) is 1.68. The Bertz CT molecular complexity index is 632. The number of methoxy groups -OCH3 is 1. The van der Waals surface area contributed by atoms with Crippen LogP contribution < -0.4 is 14.8 Å². The fraction of sp³-hybridized carbons (Fsp3) is 0.143. The molecule has 0 atom stereocenters. The molecule has 0 saturated carbocycles. The number of benzene rings is 1. The summed E-state index contributed by atoms with van der Waals surface area (Å²) >= 11 is 3.42. The highest BCUT2D eigenvalue weighted by molar-refractivity contribution is 9.10. The molecule has 2 rings (SSSR count). The molecule has 0 unspecified atom stereocenters. The van der Waals surface area contributed by atoms with Crippen molar-refractivity contribution in [3.05, 3.63) is 63.5 Å². The molecular formula is C14H13BrN2O3. The lowest BCUT2D eigenvalue weighted by Gasteiger charge is -2.09. The first kappa shape index (κ1) is 14.3. The molecule has 5 nitrogen and oxygen atoms in total. The van der Waals surface area contributed by atoms with Crippen molar-refractivity contribution in [1.29, 1.82) is 0 Å². The third-order valence-corrected chi connectivity index (χ3v) is 3.50. The molecule has 2 aromatic rings. The molecule has 0 saturated heterocycles. The van der Waals surface area contributed by atoms with Gasteiger partial charge in [0.2, 0.25) is 0 Å². The van der Waals surface area contributed by atoms with E-state index in [1.54, 1.807) is 13.2 Å². The van der Waals surface area contributed by atoms with E-state index in [1.165, 1.54) is 18.5 Å². The van der Waals surface area contributed by atoms with Crippen LogP contribution in [0.5, 0.6) is 5.75 Å². The molecule has 104 valence electrons. The van der Waals surface area contributed by atoms with Crippen molar-refractivity contribution < 1.29 is 14.3 Å². The predicted octanol–water partition coefficient (Wildman–Crippen LogP) is 2.02. The standard InChI is InChI=1S/C14H13BrN2O3/c1-20-12-4-5-13(15)11(7-12)8-16-14(18)10-3-2-6-17(19)9-10/h2-7,9H,8H2,1H3,(H,16,18). The molecule has 1 amide bonds. The Hall–Kier alpha value is -2.08. The normalized spacial score (nSPS) is 10.1. The van der Waals surface area contributed by atoms with Crippen molar-refractivity contribution in [2.45, 2.75) is 6.54 Å². The molecule has 1 aromatic carbocycles. The molecule has 0 radical (unpaired) electrons. The van der Waals surface area contributed by atoms with Crippen molar-refractivity contribution in [2.24, 2.45) is 0 Å². The molecule has 1 heterocycles. The van der Waals surface area contributed by atoms with E-state index in [2.05, 4.69) is 21.2 Å². The van der Waals surface area contributed by atoms with E-state index < -0.39 is 0 Å². The van der Waals surface area contributed by atoms with Crippen LogP contribution in [-0.2, 0) is 6.54 Å². The van der Waals surface area contributed by atoms with Gasteiger partial charge >= 0.3 is 0 Å². The number of amides is 1. The van der Waals surface area contributed by atoms with Gasteiger partial charge in [-0.3, -0.25) is 4.79 Å². The number of ether oxygens (including phenoxy) is 1. The van der Waals surface area contributed by atoms with Gasteiger partial charge in [0.05, 0.1) is 7.11 Å². The minimum absolute atomic E-state index is 0.301. The lowest BCUT2D eigenvalue weighted by atomic mass is 10.2. The average molecular weight is 337 g/mol. The number of carbonyl (C=O) groups is 1. The van der Waals surface area contributed by atoms with E-state index >= 15 is 0 Å². The first-order valence-corrected chi connectivity index (χ1v) is 6.69. The predicted molar refractivity (Wildman–Crippen MR) is 77.3 cm³/mol. The summed E-state index contributed by atoms with van der Waals surface area (Å²) in [6.45, 7) is 0.338. The molecule has 0 bridgehead atoms. The maximum atomic E-state index is 11.9. The van der Waals surface area contributed by atoms with Crippen LogP contribution in [0.2, 0.25) is 0 Å². The molecule has 1 N–H and O–H groups in total. The number of aromatic nitrogens is 1. The number of nitrogens with one attached hydrogen (secondary N) is 1. The van der Waals surface area contributed by atoms with E-state index in [9.17, 15) is 10.0 Å². The van der Waals surface area contributed by atoms with Gasteiger partial charge in [0.15, 0.2) is 12.4 Å². The van der Waals surface area contributed by atoms with Gasteiger partial charge in [-0.25, -0.2) is 0 Å².